The van der Waals surface area contributed by atoms with Gasteiger partial charge in [0, 0.05) is 23.6 Å². The number of hydrogen-bond acceptors (Lipinski definition) is 2. The number of para-hydroxylation sites is 1. The molecule has 2 nitrogen and oxygen atoms in total. The zero-order valence-electron chi connectivity index (χ0n) is 10.4. The molecule has 2 heteroatoms. The molecule has 0 bridgehead atoms. The molecule has 1 fully saturated rings. The van der Waals surface area contributed by atoms with Crippen LogP contribution in [-0.4, -0.2) is 19.7 Å². The van der Waals surface area contributed by atoms with E-state index >= 15 is 0 Å². The van der Waals surface area contributed by atoms with Crippen LogP contribution in [0.1, 0.15) is 32.3 Å². The maximum absolute atomic E-state index is 5.43. The second-order valence-electron chi connectivity index (χ2n) is 5.24. The van der Waals surface area contributed by atoms with Crippen molar-refractivity contribution < 1.29 is 4.74 Å². The Hall–Kier alpha value is -1.02. The van der Waals surface area contributed by atoms with Gasteiger partial charge in [-0.2, -0.15) is 0 Å². The Labute approximate surface area is 98.0 Å². The zero-order chi connectivity index (χ0) is 11.6. The molecule has 16 heavy (non-hydrogen) atoms. The summed E-state index contributed by atoms with van der Waals surface area (Å²) in [5.74, 6) is 0.991. The molecular weight excluding hydrogens is 198 g/mol. The number of ether oxygens (including phenoxy) is 1. The van der Waals surface area contributed by atoms with Crippen LogP contribution in [0.15, 0.2) is 24.3 Å². The number of hydrogen-bond donors (Lipinski definition) is 1. The summed E-state index contributed by atoms with van der Waals surface area (Å²) in [6.45, 7) is 5.54. The molecule has 1 N–H and O–H groups in total. The summed E-state index contributed by atoms with van der Waals surface area (Å²) in [4.78, 5) is 0. The van der Waals surface area contributed by atoms with Gasteiger partial charge in [0.2, 0.25) is 0 Å². The molecule has 0 amide bonds. The highest BCUT2D eigenvalue weighted by Crippen LogP contribution is 2.31. The first-order valence-corrected chi connectivity index (χ1v) is 6.00. The Morgan fingerprint density at radius 3 is 2.62 bits per heavy atom. The second-order valence-corrected chi connectivity index (χ2v) is 5.24. The second kappa shape index (κ2) is 4.46. The molecule has 0 aliphatic heterocycles. The van der Waals surface area contributed by atoms with Crippen molar-refractivity contribution in [3.8, 4) is 5.75 Å². The first-order valence-electron chi connectivity index (χ1n) is 6.00. The Bertz CT molecular complexity index is 356. The third-order valence-electron chi connectivity index (χ3n) is 3.25. The number of methoxy groups -OCH3 is 1. The van der Waals surface area contributed by atoms with Crippen LogP contribution in [0.4, 0.5) is 0 Å². The summed E-state index contributed by atoms with van der Waals surface area (Å²) in [5, 5.41) is 3.59. The van der Waals surface area contributed by atoms with Crippen LogP contribution in [0, 0.1) is 0 Å². The van der Waals surface area contributed by atoms with Crippen LogP contribution in [0.5, 0.6) is 5.75 Å². The maximum Gasteiger partial charge on any atom is 0.122 e. The van der Waals surface area contributed by atoms with Gasteiger partial charge in [0.25, 0.3) is 0 Å². The fraction of sp³-hybridized carbons (Fsp3) is 0.571. The lowest BCUT2D eigenvalue weighted by atomic mass is 9.84. The van der Waals surface area contributed by atoms with Crippen molar-refractivity contribution in [2.75, 3.05) is 13.7 Å². The molecule has 0 heterocycles. The highest BCUT2D eigenvalue weighted by atomic mass is 16.5. The van der Waals surface area contributed by atoms with Gasteiger partial charge >= 0.3 is 0 Å². The standard InChI is InChI=1S/C14H21NO/c1-14(2,10-15-11-8-9-11)12-6-4-5-7-13(12)16-3/h4-7,11,15H,8-10H2,1-3H3. The van der Waals surface area contributed by atoms with Crippen molar-refractivity contribution in [3.05, 3.63) is 29.8 Å². The van der Waals surface area contributed by atoms with Crippen molar-refractivity contribution in [2.24, 2.45) is 0 Å². The summed E-state index contributed by atoms with van der Waals surface area (Å²) in [5.41, 5.74) is 1.40. The maximum atomic E-state index is 5.43. The van der Waals surface area contributed by atoms with Crippen molar-refractivity contribution in [1.29, 1.82) is 0 Å². The van der Waals surface area contributed by atoms with Gasteiger partial charge in [0.05, 0.1) is 7.11 Å². The fourth-order valence-corrected chi connectivity index (χ4v) is 1.99. The Morgan fingerprint density at radius 1 is 1.31 bits per heavy atom. The lowest BCUT2D eigenvalue weighted by Gasteiger charge is -2.27. The molecule has 0 saturated heterocycles. The molecule has 0 radical (unpaired) electrons. The molecule has 88 valence electrons. The van der Waals surface area contributed by atoms with Gasteiger partial charge < -0.3 is 10.1 Å². The van der Waals surface area contributed by atoms with Gasteiger partial charge in [-0.25, -0.2) is 0 Å². The number of rotatable bonds is 5. The largest absolute Gasteiger partial charge is 0.496 e. The molecule has 0 aromatic heterocycles. The SMILES string of the molecule is COc1ccccc1C(C)(C)CNC1CC1. The minimum atomic E-state index is 0.120. The summed E-state index contributed by atoms with van der Waals surface area (Å²) in [6.07, 6.45) is 2.67. The van der Waals surface area contributed by atoms with Crippen LogP contribution < -0.4 is 10.1 Å². The molecule has 0 unspecified atom stereocenters. The van der Waals surface area contributed by atoms with Crippen LogP contribution >= 0.6 is 0 Å². The minimum absolute atomic E-state index is 0.120. The van der Waals surface area contributed by atoms with E-state index in [0.717, 1.165) is 18.3 Å². The lowest BCUT2D eigenvalue weighted by Crippen LogP contribution is -2.34. The van der Waals surface area contributed by atoms with E-state index in [9.17, 15) is 0 Å². The van der Waals surface area contributed by atoms with Crippen LogP contribution in [0.25, 0.3) is 0 Å². The average Bonchev–Trinajstić information content (AvgIpc) is 3.10. The quantitative estimate of drug-likeness (QED) is 0.822. The Kier molecular flexibility index (Phi) is 3.20. The van der Waals surface area contributed by atoms with E-state index in [-0.39, 0.29) is 5.41 Å². The van der Waals surface area contributed by atoms with Crippen molar-refractivity contribution in [1.82, 2.24) is 5.32 Å². The summed E-state index contributed by atoms with van der Waals surface area (Å²) < 4.78 is 5.43. The molecule has 0 spiro atoms. The molecule has 1 aliphatic carbocycles. The fourth-order valence-electron chi connectivity index (χ4n) is 1.99. The molecule has 2 rings (SSSR count). The molecule has 1 saturated carbocycles. The summed E-state index contributed by atoms with van der Waals surface area (Å²) >= 11 is 0. The first kappa shape index (κ1) is 11.5. The Balaban J connectivity index is 2.12. The van der Waals surface area contributed by atoms with Crippen LogP contribution in [0.2, 0.25) is 0 Å². The van der Waals surface area contributed by atoms with Crippen molar-refractivity contribution in [2.45, 2.75) is 38.1 Å². The monoisotopic (exact) mass is 219 g/mol. The van der Waals surface area contributed by atoms with E-state index in [0.29, 0.717) is 0 Å². The van der Waals surface area contributed by atoms with E-state index in [2.05, 4.69) is 31.3 Å². The normalized spacial score (nSPS) is 16.2. The highest BCUT2D eigenvalue weighted by Gasteiger charge is 2.28. The average molecular weight is 219 g/mol. The van der Waals surface area contributed by atoms with Gasteiger partial charge in [-0.3, -0.25) is 0 Å². The molecule has 1 aromatic rings. The number of benzene rings is 1. The van der Waals surface area contributed by atoms with Crippen LogP contribution in [0.3, 0.4) is 0 Å². The van der Waals surface area contributed by atoms with Gasteiger partial charge in [0.1, 0.15) is 5.75 Å². The minimum Gasteiger partial charge on any atom is -0.496 e. The van der Waals surface area contributed by atoms with Gasteiger partial charge in [0.15, 0.2) is 0 Å². The smallest absolute Gasteiger partial charge is 0.122 e. The van der Waals surface area contributed by atoms with E-state index < -0.39 is 0 Å². The highest BCUT2D eigenvalue weighted by molar-refractivity contribution is 5.39. The molecule has 1 aromatic carbocycles. The van der Waals surface area contributed by atoms with Gasteiger partial charge in [-0.15, -0.1) is 0 Å². The first-order chi connectivity index (χ1) is 7.63. The van der Waals surface area contributed by atoms with Gasteiger partial charge in [-0.1, -0.05) is 32.0 Å². The number of nitrogens with one attached hydrogen (secondary N) is 1. The Morgan fingerprint density at radius 2 is 2.00 bits per heavy atom. The van der Waals surface area contributed by atoms with E-state index in [1.165, 1.54) is 18.4 Å². The lowest BCUT2D eigenvalue weighted by molar-refractivity contribution is 0.385. The third-order valence-corrected chi connectivity index (χ3v) is 3.25. The van der Waals surface area contributed by atoms with Crippen molar-refractivity contribution >= 4 is 0 Å². The van der Waals surface area contributed by atoms with E-state index in [4.69, 9.17) is 4.74 Å². The molecule has 0 atom stereocenters. The summed E-state index contributed by atoms with van der Waals surface area (Å²) in [6, 6.07) is 9.06. The molecule has 1 aliphatic rings. The summed E-state index contributed by atoms with van der Waals surface area (Å²) in [7, 11) is 1.74. The van der Waals surface area contributed by atoms with Crippen molar-refractivity contribution in [3.63, 3.8) is 0 Å². The van der Waals surface area contributed by atoms with E-state index in [1.807, 2.05) is 12.1 Å². The predicted octanol–water partition coefficient (Wildman–Crippen LogP) is 2.72. The third kappa shape index (κ3) is 2.56. The predicted molar refractivity (Wildman–Crippen MR) is 67.0 cm³/mol. The van der Waals surface area contributed by atoms with E-state index in [1.54, 1.807) is 7.11 Å². The van der Waals surface area contributed by atoms with Gasteiger partial charge in [-0.05, 0) is 18.9 Å². The van der Waals surface area contributed by atoms with Crippen LogP contribution in [-0.2, 0) is 5.41 Å². The topological polar surface area (TPSA) is 21.3 Å². The zero-order valence-corrected chi connectivity index (χ0v) is 10.4. The molecular formula is C14H21NO.